The van der Waals surface area contributed by atoms with Crippen molar-refractivity contribution in [3.63, 3.8) is 0 Å². The van der Waals surface area contributed by atoms with Gasteiger partial charge in [-0.15, -0.1) is 0 Å². The molecule has 0 aromatic heterocycles. The van der Waals surface area contributed by atoms with Gasteiger partial charge in [0, 0.05) is 17.3 Å². The summed E-state index contributed by atoms with van der Waals surface area (Å²) in [7, 11) is 0. The zero-order valence-electron chi connectivity index (χ0n) is 10.7. The summed E-state index contributed by atoms with van der Waals surface area (Å²) in [4.78, 5) is 11.6. The number of anilines is 1. The van der Waals surface area contributed by atoms with Crippen molar-refractivity contribution >= 4 is 23.3 Å². The summed E-state index contributed by atoms with van der Waals surface area (Å²) in [5.74, 6) is 0. The lowest BCUT2D eigenvalue weighted by molar-refractivity contribution is 0.0354. The van der Waals surface area contributed by atoms with Crippen LogP contribution in [0.5, 0.6) is 0 Å². The molecule has 5 heteroatoms. The van der Waals surface area contributed by atoms with Gasteiger partial charge in [-0.3, -0.25) is 0 Å². The third-order valence-corrected chi connectivity index (χ3v) is 3.21. The largest absolute Gasteiger partial charge is 0.388 e. The van der Waals surface area contributed by atoms with Crippen LogP contribution >= 0.6 is 11.6 Å². The highest BCUT2D eigenvalue weighted by Gasteiger charge is 2.22. The molecule has 100 valence electrons. The number of urea groups is 1. The average molecular weight is 271 g/mol. The topological polar surface area (TPSA) is 61.4 Å². The Balaban J connectivity index is 2.47. The van der Waals surface area contributed by atoms with E-state index in [1.54, 1.807) is 24.3 Å². The molecule has 0 heterocycles. The van der Waals surface area contributed by atoms with Gasteiger partial charge in [-0.25, -0.2) is 4.79 Å². The Morgan fingerprint density at radius 3 is 2.61 bits per heavy atom. The number of nitrogens with one attached hydrogen (secondary N) is 2. The summed E-state index contributed by atoms with van der Waals surface area (Å²) >= 11 is 5.81. The van der Waals surface area contributed by atoms with Crippen LogP contribution in [0.3, 0.4) is 0 Å². The highest BCUT2D eigenvalue weighted by atomic mass is 35.5. The molecule has 1 aromatic carbocycles. The van der Waals surface area contributed by atoms with Crippen LogP contribution in [0.1, 0.15) is 26.7 Å². The smallest absolute Gasteiger partial charge is 0.319 e. The number of hydrogen-bond acceptors (Lipinski definition) is 2. The van der Waals surface area contributed by atoms with Gasteiger partial charge in [-0.1, -0.05) is 31.5 Å². The summed E-state index contributed by atoms with van der Waals surface area (Å²) in [5.41, 5.74) is -0.220. The first kappa shape index (κ1) is 14.8. The van der Waals surface area contributed by atoms with Crippen LogP contribution in [0.15, 0.2) is 24.3 Å². The summed E-state index contributed by atoms with van der Waals surface area (Å²) in [5, 5.41) is 15.9. The Labute approximate surface area is 112 Å². The van der Waals surface area contributed by atoms with E-state index in [2.05, 4.69) is 10.6 Å². The van der Waals surface area contributed by atoms with Gasteiger partial charge in [0.2, 0.25) is 0 Å². The minimum atomic E-state index is -0.842. The van der Waals surface area contributed by atoms with Crippen molar-refractivity contribution < 1.29 is 9.90 Å². The number of amides is 2. The first-order chi connectivity index (χ1) is 8.49. The summed E-state index contributed by atoms with van der Waals surface area (Å²) < 4.78 is 0. The molecular weight excluding hydrogens is 252 g/mol. The standard InChI is InChI=1S/C13H19ClN2O2/c1-3-13(18,4-2)9-15-12(17)16-11-7-5-6-10(14)8-11/h5-8,18H,3-4,9H2,1-2H3,(H2,15,16,17). The summed E-state index contributed by atoms with van der Waals surface area (Å²) in [6.07, 6.45) is 1.20. The van der Waals surface area contributed by atoms with Crippen molar-refractivity contribution in [1.82, 2.24) is 5.32 Å². The van der Waals surface area contributed by atoms with E-state index in [0.29, 0.717) is 23.6 Å². The molecule has 0 aliphatic heterocycles. The lowest BCUT2D eigenvalue weighted by Crippen LogP contribution is -2.43. The van der Waals surface area contributed by atoms with Crippen LogP contribution in [-0.4, -0.2) is 23.3 Å². The molecule has 2 amide bonds. The number of rotatable bonds is 5. The van der Waals surface area contributed by atoms with Gasteiger partial charge in [0.1, 0.15) is 0 Å². The number of benzene rings is 1. The number of halogens is 1. The number of hydrogen-bond donors (Lipinski definition) is 3. The van der Waals surface area contributed by atoms with Crippen LogP contribution in [0.4, 0.5) is 10.5 Å². The minimum Gasteiger partial charge on any atom is -0.388 e. The van der Waals surface area contributed by atoms with E-state index in [1.807, 2.05) is 13.8 Å². The molecule has 0 saturated heterocycles. The van der Waals surface area contributed by atoms with Crippen molar-refractivity contribution in [2.45, 2.75) is 32.3 Å². The SMILES string of the molecule is CCC(O)(CC)CNC(=O)Nc1cccc(Cl)c1. The zero-order valence-corrected chi connectivity index (χ0v) is 11.4. The van der Waals surface area contributed by atoms with E-state index in [9.17, 15) is 9.90 Å². The van der Waals surface area contributed by atoms with Crippen molar-refractivity contribution in [2.75, 3.05) is 11.9 Å². The fraction of sp³-hybridized carbons (Fsp3) is 0.462. The van der Waals surface area contributed by atoms with Crippen LogP contribution in [-0.2, 0) is 0 Å². The molecule has 0 bridgehead atoms. The Kier molecular flexibility index (Phi) is 5.44. The molecule has 1 rings (SSSR count). The first-order valence-electron chi connectivity index (χ1n) is 6.02. The zero-order chi connectivity index (χ0) is 13.6. The third kappa shape index (κ3) is 4.55. The number of aliphatic hydroxyl groups is 1. The van der Waals surface area contributed by atoms with Crippen LogP contribution < -0.4 is 10.6 Å². The van der Waals surface area contributed by atoms with Crippen molar-refractivity contribution in [1.29, 1.82) is 0 Å². The van der Waals surface area contributed by atoms with Gasteiger partial charge in [0.05, 0.1) is 5.60 Å². The van der Waals surface area contributed by atoms with E-state index in [0.717, 1.165) is 0 Å². The number of carbonyl (C=O) groups is 1. The number of carbonyl (C=O) groups excluding carboxylic acids is 1. The molecule has 0 radical (unpaired) electrons. The monoisotopic (exact) mass is 270 g/mol. The quantitative estimate of drug-likeness (QED) is 0.770. The second-order valence-electron chi connectivity index (χ2n) is 4.25. The molecule has 0 atom stereocenters. The van der Waals surface area contributed by atoms with Gasteiger partial charge < -0.3 is 15.7 Å². The Bertz CT molecular complexity index is 406. The fourth-order valence-electron chi connectivity index (χ4n) is 1.49. The highest BCUT2D eigenvalue weighted by molar-refractivity contribution is 6.30. The van der Waals surface area contributed by atoms with Crippen LogP contribution in [0.25, 0.3) is 0 Å². The van der Waals surface area contributed by atoms with Gasteiger partial charge in [0.15, 0.2) is 0 Å². The predicted octanol–water partition coefficient (Wildman–Crippen LogP) is 3.01. The summed E-state index contributed by atoms with van der Waals surface area (Å²) in [6.45, 7) is 4.01. The summed E-state index contributed by atoms with van der Waals surface area (Å²) in [6, 6.07) is 6.55. The Hall–Kier alpha value is -1.26. The molecule has 1 aromatic rings. The molecule has 0 aliphatic carbocycles. The molecule has 0 unspecified atom stereocenters. The van der Waals surface area contributed by atoms with Gasteiger partial charge in [-0.2, -0.15) is 0 Å². The van der Waals surface area contributed by atoms with Crippen LogP contribution in [0, 0.1) is 0 Å². The maximum Gasteiger partial charge on any atom is 0.319 e. The lowest BCUT2D eigenvalue weighted by atomic mass is 9.98. The van der Waals surface area contributed by atoms with Gasteiger partial charge >= 0.3 is 6.03 Å². The van der Waals surface area contributed by atoms with E-state index < -0.39 is 5.60 Å². The molecule has 0 aliphatic rings. The average Bonchev–Trinajstić information content (AvgIpc) is 2.36. The van der Waals surface area contributed by atoms with Crippen molar-refractivity contribution in [3.8, 4) is 0 Å². The van der Waals surface area contributed by atoms with E-state index in [4.69, 9.17) is 11.6 Å². The van der Waals surface area contributed by atoms with E-state index in [-0.39, 0.29) is 12.6 Å². The molecule has 3 N–H and O–H groups in total. The Morgan fingerprint density at radius 1 is 1.39 bits per heavy atom. The molecule has 18 heavy (non-hydrogen) atoms. The normalized spacial score (nSPS) is 11.1. The van der Waals surface area contributed by atoms with Gasteiger partial charge in [-0.05, 0) is 31.0 Å². The van der Waals surface area contributed by atoms with E-state index in [1.165, 1.54) is 0 Å². The molecule has 0 saturated carbocycles. The molecule has 4 nitrogen and oxygen atoms in total. The lowest BCUT2D eigenvalue weighted by Gasteiger charge is -2.25. The Morgan fingerprint density at radius 2 is 2.06 bits per heavy atom. The first-order valence-corrected chi connectivity index (χ1v) is 6.39. The van der Waals surface area contributed by atoms with Gasteiger partial charge in [0.25, 0.3) is 0 Å². The third-order valence-electron chi connectivity index (χ3n) is 2.98. The maximum absolute atomic E-state index is 11.6. The second kappa shape index (κ2) is 6.61. The van der Waals surface area contributed by atoms with E-state index >= 15 is 0 Å². The second-order valence-corrected chi connectivity index (χ2v) is 4.69. The molecule has 0 spiro atoms. The fourth-order valence-corrected chi connectivity index (χ4v) is 1.68. The molecule has 0 fully saturated rings. The predicted molar refractivity (Wildman–Crippen MR) is 74.0 cm³/mol. The van der Waals surface area contributed by atoms with Crippen LogP contribution in [0.2, 0.25) is 5.02 Å². The molecular formula is C13H19ClN2O2. The maximum atomic E-state index is 11.6. The van der Waals surface area contributed by atoms with Crippen molar-refractivity contribution in [3.05, 3.63) is 29.3 Å². The van der Waals surface area contributed by atoms with Crippen molar-refractivity contribution in [2.24, 2.45) is 0 Å². The highest BCUT2D eigenvalue weighted by Crippen LogP contribution is 2.15. The minimum absolute atomic E-state index is 0.229.